The van der Waals surface area contributed by atoms with Gasteiger partial charge < -0.3 is 10.1 Å². The molecule has 0 radical (unpaired) electrons. The van der Waals surface area contributed by atoms with E-state index in [1.807, 2.05) is 7.05 Å². The minimum Gasteiger partial charge on any atom is -0.319 e. The van der Waals surface area contributed by atoms with Crippen molar-refractivity contribution in [3.8, 4) is 0 Å². The van der Waals surface area contributed by atoms with E-state index in [0.29, 0.717) is 6.42 Å². The lowest BCUT2D eigenvalue weighted by atomic mass is 9.73. The van der Waals surface area contributed by atoms with Crippen molar-refractivity contribution < 1.29 is 4.79 Å². The van der Waals surface area contributed by atoms with Crippen LogP contribution in [0.2, 0.25) is 0 Å². The van der Waals surface area contributed by atoms with Crippen molar-refractivity contribution in [3.05, 3.63) is 0 Å². The number of carbonyl (C=O) groups is 1. The van der Waals surface area contributed by atoms with Crippen molar-refractivity contribution in [1.29, 1.82) is 0 Å². The van der Waals surface area contributed by atoms with Crippen molar-refractivity contribution in [3.63, 3.8) is 0 Å². The summed E-state index contributed by atoms with van der Waals surface area (Å²) in [4.78, 5) is 11.1. The molecule has 0 aliphatic rings. The molecular weight excluding hydrogens is 174 g/mol. The van der Waals surface area contributed by atoms with E-state index >= 15 is 0 Å². The molecule has 84 valence electrons. The molecule has 0 aliphatic heterocycles. The maximum Gasteiger partial charge on any atom is 0.130 e. The normalized spacial score (nSPS) is 13.0. The van der Waals surface area contributed by atoms with Gasteiger partial charge in [-0.3, -0.25) is 0 Å². The Balaban J connectivity index is 4.25. The summed E-state index contributed by atoms with van der Waals surface area (Å²) in [6.45, 7) is 11.5. The molecule has 0 aliphatic carbocycles. The molecule has 1 N–H and O–H groups in total. The summed E-state index contributed by atoms with van der Waals surface area (Å²) < 4.78 is 0. The van der Waals surface area contributed by atoms with Crippen LogP contribution in [0.3, 0.4) is 0 Å². The molecule has 0 aromatic heterocycles. The van der Waals surface area contributed by atoms with Crippen LogP contribution in [0.15, 0.2) is 0 Å². The average molecular weight is 199 g/mol. The Kier molecular flexibility index (Phi) is 4.79. The van der Waals surface area contributed by atoms with Gasteiger partial charge in [-0.2, -0.15) is 0 Å². The second kappa shape index (κ2) is 4.92. The third-order valence-corrected chi connectivity index (χ3v) is 2.34. The second-order valence-electron chi connectivity index (χ2n) is 5.91. The predicted molar refractivity (Wildman–Crippen MR) is 61.4 cm³/mol. The van der Waals surface area contributed by atoms with E-state index in [-0.39, 0.29) is 16.6 Å². The first-order valence-electron chi connectivity index (χ1n) is 5.33. The van der Waals surface area contributed by atoms with Crippen molar-refractivity contribution in [2.24, 2.45) is 10.8 Å². The fourth-order valence-corrected chi connectivity index (χ4v) is 2.57. The van der Waals surface area contributed by atoms with Gasteiger partial charge in [0, 0.05) is 6.42 Å². The summed E-state index contributed by atoms with van der Waals surface area (Å²) in [5.74, 6) is 0.287. The third-order valence-electron chi connectivity index (χ3n) is 2.34. The van der Waals surface area contributed by atoms with E-state index in [2.05, 4.69) is 33.0 Å². The molecule has 0 saturated carbocycles. The summed E-state index contributed by atoms with van der Waals surface area (Å²) in [7, 11) is 1.97. The predicted octanol–water partition coefficient (Wildman–Crippen LogP) is 2.63. The molecule has 0 heterocycles. The molecule has 0 rings (SSSR count). The van der Waals surface area contributed by atoms with Crippen LogP contribution in [0, 0.1) is 10.8 Å². The average Bonchev–Trinajstić information content (AvgIpc) is 1.78. The number of nitrogens with one attached hydrogen (secondary N) is 1. The SMILES string of the molecule is CNCC(C)(C)CC(C)(C)CC(C)=O. The maximum atomic E-state index is 11.1. The first-order chi connectivity index (χ1) is 6.18. The zero-order valence-electron chi connectivity index (χ0n) is 10.5. The molecule has 0 unspecified atom stereocenters. The highest BCUT2D eigenvalue weighted by atomic mass is 16.1. The molecule has 0 atom stereocenters. The van der Waals surface area contributed by atoms with Crippen LogP contribution >= 0.6 is 0 Å². The van der Waals surface area contributed by atoms with Crippen molar-refractivity contribution in [1.82, 2.24) is 5.32 Å². The summed E-state index contributed by atoms with van der Waals surface area (Å²) in [6.07, 6.45) is 1.75. The van der Waals surface area contributed by atoms with Gasteiger partial charge in [-0.15, -0.1) is 0 Å². The lowest BCUT2D eigenvalue weighted by Crippen LogP contribution is -2.32. The Hall–Kier alpha value is -0.370. The molecule has 0 amide bonds. The number of carbonyl (C=O) groups excluding carboxylic acids is 1. The molecule has 0 bridgehead atoms. The largest absolute Gasteiger partial charge is 0.319 e. The Morgan fingerprint density at radius 3 is 2.00 bits per heavy atom. The summed E-state index contributed by atoms with van der Waals surface area (Å²) in [5, 5.41) is 3.20. The first-order valence-corrected chi connectivity index (χ1v) is 5.33. The molecule has 0 spiro atoms. The van der Waals surface area contributed by atoms with Crippen LogP contribution in [0.1, 0.15) is 47.5 Å². The van der Waals surface area contributed by atoms with Gasteiger partial charge in [0.2, 0.25) is 0 Å². The van der Waals surface area contributed by atoms with Crippen LogP contribution in [0.25, 0.3) is 0 Å². The van der Waals surface area contributed by atoms with E-state index in [4.69, 9.17) is 0 Å². The van der Waals surface area contributed by atoms with Crippen LogP contribution < -0.4 is 5.32 Å². The quantitative estimate of drug-likeness (QED) is 0.712. The smallest absolute Gasteiger partial charge is 0.130 e. The molecule has 0 aromatic rings. The van der Waals surface area contributed by atoms with Gasteiger partial charge in [0.05, 0.1) is 0 Å². The van der Waals surface area contributed by atoms with Gasteiger partial charge in [0.25, 0.3) is 0 Å². The van der Waals surface area contributed by atoms with Gasteiger partial charge in [-0.05, 0) is 37.8 Å². The van der Waals surface area contributed by atoms with E-state index < -0.39 is 0 Å². The molecule has 0 aromatic carbocycles. The Labute approximate surface area is 88.5 Å². The number of hydrogen-bond donors (Lipinski definition) is 1. The zero-order valence-corrected chi connectivity index (χ0v) is 10.5. The Bertz CT molecular complexity index is 194. The van der Waals surface area contributed by atoms with Crippen LogP contribution in [-0.2, 0) is 4.79 Å². The number of hydrogen-bond acceptors (Lipinski definition) is 2. The topological polar surface area (TPSA) is 29.1 Å². The van der Waals surface area contributed by atoms with Crippen molar-refractivity contribution in [2.75, 3.05) is 13.6 Å². The summed E-state index contributed by atoms with van der Waals surface area (Å²) >= 11 is 0. The number of ketones is 1. The fraction of sp³-hybridized carbons (Fsp3) is 0.917. The van der Waals surface area contributed by atoms with Crippen molar-refractivity contribution >= 4 is 5.78 Å². The van der Waals surface area contributed by atoms with Crippen LogP contribution in [0.5, 0.6) is 0 Å². The zero-order chi connectivity index (χ0) is 11.4. The fourth-order valence-electron chi connectivity index (χ4n) is 2.57. The van der Waals surface area contributed by atoms with E-state index in [0.717, 1.165) is 13.0 Å². The highest BCUT2D eigenvalue weighted by molar-refractivity contribution is 5.76. The van der Waals surface area contributed by atoms with Gasteiger partial charge in [0.1, 0.15) is 5.78 Å². The van der Waals surface area contributed by atoms with Gasteiger partial charge in [-0.1, -0.05) is 27.7 Å². The Morgan fingerprint density at radius 2 is 1.64 bits per heavy atom. The summed E-state index contributed by atoms with van der Waals surface area (Å²) in [5.41, 5.74) is 0.375. The third kappa shape index (κ3) is 6.14. The van der Waals surface area contributed by atoms with E-state index in [1.54, 1.807) is 6.92 Å². The first kappa shape index (κ1) is 13.6. The van der Waals surface area contributed by atoms with E-state index in [1.165, 1.54) is 0 Å². The second-order valence-corrected chi connectivity index (χ2v) is 5.91. The molecule has 14 heavy (non-hydrogen) atoms. The highest BCUT2D eigenvalue weighted by Gasteiger charge is 2.29. The molecule has 0 saturated heterocycles. The minimum atomic E-state index is 0.117. The lowest BCUT2D eigenvalue weighted by Gasteiger charge is -2.34. The van der Waals surface area contributed by atoms with Crippen LogP contribution in [0.4, 0.5) is 0 Å². The molecule has 0 fully saturated rings. The number of rotatable bonds is 6. The van der Waals surface area contributed by atoms with Crippen molar-refractivity contribution in [2.45, 2.75) is 47.5 Å². The highest BCUT2D eigenvalue weighted by Crippen LogP contribution is 2.35. The molecule has 2 nitrogen and oxygen atoms in total. The molecular formula is C12H25NO. The molecule has 2 heteroatoms. The lowest BCUT2D eigenvalue weighted by molar-refractivity contribution is -0.119. The number of Topliss-reactive ketones (excluding diaryl/α,β-unsaturated/α-hetero) is 1. The van der Waals surface area contributed by atoms with Gasteiger partial charge in [-0.25, -0.2) is 0 Å². The minimum absolute atomic E-state index is 0.117. The maximum absolute atomic E-state index is 11.1. The van der Waals surface area contributed by atoms with Gasteiger partial charge in [0.15, 0.2) is 0 Å². The summed E-state index contributed by atoms with van der Waals surface area (Å²) in [6, 6.07) is 0. The Morgan fingerprint density at radius 1 is 1.14 bits per heavy atom. The van der Waals surface area contributed by atoms with Gasteiger partial charge >= 0.3 is 0 Å². The van der Waals surface area contributed by atoms with E-state index in [9.17, 15) is 4.79 Å². The van der Waals surface area contributed by atoms with Crippen LogP contribution in [-0.4, -0.2) is 19.4 Å². The standard InChI is InChI=1S/C12H25NO/c1-10(14)7-11(2,3)8-12(4,5)9-13-6/h13H,7-9H2,1-6H3. The monoisotopic (exact) mass is 199 g/mol.